The maximum Gasteiger partial charge on any atom is 0.305 e. The lowest BCUT2D eigenvalue weighted by Gasteiger charge is -2.29. The molecule has 1 amide bonds. The number of carbonyl (C=O) groups is 3. The summed E-state index contributed by atoms with van der Waals surface area (Å²) in [7, 11) is 0. The smallest absolute Gasteiger partial charge is 0.305 e. The molecule has 2 heterocycles. The predicted octanol–water partition coefficient (Wildman–Crippen LogP) is 2.52. The second-order valence-corrected chi connectivity index (χ2v) is 7.73. The number of hydroxylamine groups is 1. The summed E-state index contributed by atoms with van der Waals surface area (Å²) in [6.07, 6.45) is 2.45. The van der Waals surface area contributed by atoms with Crippen LogP contribution in [0.15, 0.2) is 54.7 Å². The number of carbonyl (C=O) groups excluding carboxylic acids is 2. The molecule has 0 aliphatic carbocycles. The van der Waals surface area contributed by atoms with Crippen molar-refractivity contribution in [3.8, 4) is 11.1 Å². The van der Waals surface area contributed by atoms with E-state index in [1.165, 1.54) is 0 Å². The zero-order chi connectivity index (χ0) is 23.3. The van der Waals surface area contributed by atoms with Crippen molar-refractivity contribution >= 4 is 23.4 Å². The average Bonchev–Trinajstić information content (AvgIpc) is 3.25. The second-order valence-electron chi connectivity index (χ2n) is 7.73. The van der Waals surface area contributed by atoms with Crippen molar-refractivity contribution in [2.45, 2.75) is 31.9 Å². The first-order valence-electron chi connectivity index (χ1n) is 10.1. The number of ketones is 1. The van der Waals surface area contributed by atoms with Crippen LogP contribution in [0.2, 0.25) is 0 Å². The number of aliphatic carboxylic acids is 1. The first-order chi connectivity index (χ1) is 15.3. The van der Waals surface area contributed by atoms with E-state index >= 15 is 0 Å². The van der Waals surface area contributed by atoms with Crippen molar-refractivity contribution in [1.29, 1.82) is 0 Å². The Kier molecular flexibility index (Phi) is 6.99. The highest BCUT2D eigenvalue weighted by atomic mass is 19.1. The van der Waals surface area contributed by atoms with Gasteiger partial charge in [-0.25, -0.2) is 4.39 Å². The van der Waals surface area contributed by atoms with Gasteiger partial charge in [-0.3, -0.25) is 29.7 Å². The van der Waals surface area contributed by atoms with E-state index in [1.807, 2.05) is 42.5 Å². The zero-order valence-electron chi connectivity index (χ0n) is 17.7. The molecule has 0 spiro atoms. The Balaban J connectivity index is 1.90. The molecule has 1 aromatic carbocycles. The minimum Gasteiger partial charge on any atom is -0.481 e. The van der Waals surface area contributed by atoms with Crippen molar-refractivity contribution in [2.24, 2.45) is 5.92 Å². The van der Waals surface area contributed by atoms with Gasteiger partial charge in [-0.2, -0.15) is 0 Å². The lowest BCUT2D eigenvalue weighted by Crippen LogP contribution is -2.55. The van der Waals surface area contributed by atoms with Crippen molar-refractivity contribution < 1.29 is 28.7 Å². The molecule has 0 saturated carbocycles. The third kappa shape index (κ3) is 4.83. The number of Topliss-reactive ketones (excluding diaryl/α,β-unsaturated/α-hetero) is 1. The lowest BCUT2D eigenvalue weighted by molar-refractivity contribution is -0.152. The maximum atomic E-state index is 13.1. The van der Waals surface area contributed by atoms with Crippen LogP contribution < -0.4 is 10.8 Å². The van der Waals surface area contributed by atoms with Crippen molar-refractivity contribution in [3.05, 3.63) is 60.4 Å². The number of nitrogens with zero attached hydrogens (tertiary/aromatic N) is 1. The van der Waals surface area contributed by atoms with E-state index in [-0.39, 0.29) is 0 Å². The standard InChI is InChI=1S/C23H24FN3O5/c1-14(2)23(22(31)26-18(11-21(29)30)20(28)13-24)12-19(27-32-23)17-10-16(8-9-25-17)15-6-4-3-5-7-15/h3-10,12,14,18,27H,11,13H2,1-2H3,(H,26,31)(H,29,30). The number of carboxylic acid groups (broad SMARTS) is 1. The van der Waals surface area contributed by atoms with Crippen LogP contribution >= 0.6 is 0 Å². The van der Waals surface area contributed by atoms with Crippen LogP contribution in [0.3, 0.4) is 0 Å². The molecule has 2 aromatic rings. The second kappa shape index (κ2) is 9.69. The summed E-state index contributed by atoms with van der Waals surface area (Å²) >= 11 is 0. The molecule has 32 heavy (non-hydrogen) atoms. The third-order valence-corrected chi connectivity index (χ3v) is 5.25. The van der Waals surface area contributed by atoms with E-state index in [0.29, 0.717) is 11.4 Å². The largest absolute Gasteiger partial charge is 0.481 e. The Morgan fingerprint density at radius 2 is 1.91 bits per heavy atom. The van der Waals surface area contributed by atoms with Gasteiger partial charge in [-0.05, 0) is 35.3 Å². The highest BCUT2D eigenvalue weighted by Crippen LogP contribution is 2.33. The van der Waals surface area contributed by atoms with E-state index < -0.39 is 48.3 Å². The summed E-state index contributed by atoms with van der Waals surface area (Å²) in [5.74, 6) is -3.51. The predicted molar refractivity (Wildman–Crippen MR) is 115 cm³/mol. The number of hydrogen-bond donors (Lipinski definition) is 3. The summed E-state index contributed by atoms with van der Waals surface area (Å²) in [6.45, 7) is 2.08. The minimum atomic E-state index is -1.55. The molecule has 9 heteroatoms. The van der Waals surface area contributed by atoms with Crippen LogP contribution in [-0.4, -0.2) is 46.1 Å². The maximum absolute atomic E-state index is 13.1. The Morgan fingerprint density at radius 3 is 2.53 bits per heavy atom. The summed E-state index contributed by atoms with van der Waals surface area (Å²) in [4.78, 5) is 45.9. The van der Waals surface area contributed by atoms with E-state index in [9.17, 15) is 18.8 Å². The molecule has 168 valence electrons. The molecule has 1 aromatic heterocycles. The molecule has 0 radical (unpaired) electrons. The molecule has 2 unspecified atom stereocenters. The third-order valence-electron chi connectivity index (χ3n) is 5.25. The molecule has 0 saturated heterocycles. The number of aromatic nitrogens is 1. The summed E-state index contributed by atoms with van der Waals surface area (Å²) in [5, 5.41) is 11.3. The zero-order valence-corrected chi connectivity index (χ0v) is 17.7. The van der Waals surface area contributed by atoms with Gasteiger partial charge in [0.2, 0.25) is 0 Å². The first kappa shape index (κ1) is 23.1. The highest BCUT2D eigenvalue weighted by Gasteiger charge is 2.47. The van der Waals surface area contributed by atoms with Gasteiger partial charge >= 0.3 is 5.97 Å². The van der Waals surface area contributed by atoms with Gasteiger partial charge in [0, 0.05) is 6.20 Å². The Morgan fingerprint density at radius 1 is 1.19 bits per heavy atom. The van der Waals surface area contributed by atoms with Gasteiger partial charge in [-0.1, -0.05) is 44.2 Å². The molecular formula is C23H24FN3O5. The van der Waals surface area contributed by atoms with Gasteiger partial charge in [0.15, 0.2) is 11.4 Å². The van der Waals surface area contributed by atoms with Crippen molar-refractivity contribution in [1.82, 2.24) is 15.8 Å². The van der Waals surface area contributed by atoms with Crippen LogP contribution in [0, 0.1) is 5.92 Å². The highest BCUT2D eigenvalue weighted by molar-refractivity contribution is 5.97. The normalized spacial score (nSPS) is 18.6. The number of carboxylic acids is 1. The average molecular weight is 441 g/mol. The first-order valence-corrected chi connectivity index (χ1v) is 10.1. The summed E-state index contributed by atoms with van der Waals surface area (Å²) in [5.41, 5.74) is 4.06. The molecule has 3 rings (SSSR count). The molecular weight excluding hydrogens is 417 g/mol. The fourth-order valence-corrected chi connectivity index (χ4v) is 3.37. The van der Waals surface area contributed by atoms with Gasteiger partial charge < -0.3 is 10.4 Å². The monoisotopic (exact) mass is 441 g/mol. The van der Waals surface area contributed by atoms with Gasteiger partial charge in [-0.15, -0.1) is 0 Å². The number of amides is 1. The molecule has 3 N–H and O–H groups in total. The van der Waals surface area contributed by atoms with Crippen molar-refractivity contribution in [3.63, 3.8) is 0 Å². The SMILES string of the molecule is CC(C)C1(C(=O)NC(CC(=O)O)C(=O)CF)C=C(c2cc(-c3ccccc3)ccn2)NO1. The van der Waals surface area contributed by atoms with E-state index in [4.69, 9.17) is 9.94 Å². The van der Waals surface area contributed by atoms with Crippen LogP contribution in [0.5, 0.6) is 0 Å². The Labute approximate surface area is 184 Å². The Bertz CT molecular complexity index is 1040. The number of pyridine rings is 1. The summed E-state index contributed by atoms with van der Waals surface area (Å²) < 4.78 is 12.9. The molecule has 1 aliphatic rings. The fraction of sp³-hybridized carbons (Fsp3) is 0.304. The van der Waals surface area contributed by atoms with E-state index in [2.05, 4.69) is 15.8 Å². The molecule has 0 fully saturated rings. The van der Waals surface area contributed by atoms with Gasteiger partial charge in [0.1, 0.15) is 12.7 Å². The quantitative estimate of drug-likeness (QED) is 0.547. The fourth-order valence-electron chi connectivity index (χ4n) is 3.37. The topological polar surface area (TPSA) is 118 Å². The van der Waals surface area contributed by atoms with Crippen LogP contribution in [0.4, 0.5) is 4.39 Å². The molecule has 0 bridgehead atoms. The minimum absolute atomic E-state index is 0.407. The molecule has 1 aliphatic heterocycles. The van der Waals surface area contributed by atoms with Gasteiger partial charge in [0.25, 0.3) is 5.91 Å². The van der Waals surface area contributed by atoms with Crippen LogP contribution in [0.25, 0.3) is 16.8 Å². The number of alkyl halides is 1. The Hall–Kier alpha value is -3.59. The molecule has 8 nitrogen and oxygen atoms in total. The summed E-state index contributed by atoms with van der Waals surface area (Å²) in [6, 6.07) is 11.9. The van der Waals surface area contributed by atoms with Crippen LogP contribution in [-0.2, 0) is 19.2 Å². The van der Waals surface area contributed by atoms with Gasteiger partial charge in [0.05, 0.1) is 17.8 Å². The number of rotatable bonds is 9. The lowest BCUT2D eigenvalue weighted by atomic mass is 9.88. The number of benzene rings is 1. The van der Waals surface area contributed by atoms with E-state index in [1.54, 1.807) is 26.1 Å². The van der Waals surface area contributed by atoms with Crippen molar-refractivity contribution in [2.75, 3.05) is 6.67 Å². The molecule has 2 atom stereocenters. The van der Waals surface area contributed by atoms with Crippen LogP contribution in [0.1, 0.15) is 26.0 Å². The van der Waals surface area contributed by atoms with E-state index in [0.717, 1.165) is 11.1 Å². The number of nitrogens with one attached hydrogen (secondary N) is 2. The number of hydrogen-bond acceptors (Lipinski definition) is 6. The number of halogens is 1.